The largest absolute Gasteiger partial charge is 0.489 e. The summed E-state index contributed by atoms with van der Waals surface area (Å²) in [4.78, 5) is 9.83. The van der Waals surface area contributed by atoms with Crippen LogP contribution < -0.4 is 10.5 Å². The molecule has 2 aromatic rings. The van der Waals surface area contributed by atoms with E-state index in [1.807, 2.05) is 0 Å². The lowest BCUT2D eigenvalue weighted by atomic mass is 10.2. The molecule has 0 aromatic heterocycles. The minimum absolute atomic E-state index is 0.0164. The molecule has 110 valence electrons. The maximum Gasteiger partial charge on any atom is 0.305 e. The van der Waals surface area contributed by atoms with Crippen molar-refractivity contribution in [3.05, 3.63) is 69.3 Å². The standard InChI is InChI=1S/C14H12F2N2O3/c15-11-4-9(7-17)5-12(6-11)21-8-10-2-1-3-13(14(10)16)18(19)20/h1-6H,7-8,17H2. The first-order chi connectivity index (χ1) is 10.0. The zero-order chi connectivity index (χ0) is 15.4. The second-order valence-corrected chi connectivity index (χ2v) is 4.30. The van der Waals surface area contributed by atoms with Crippen LogP contribution in [0.5, 0.6) is 5.75 Å². The first-order valence-electron chi connectivity index (χ1n) is 6.05. The van der Waals surface area contributed by atoms with Gasteiger partial charge in [0.2, 0.25) is 5.82 Å². The first-order valence-corrected chi connectivity index (χ1v) is 6.05. The van der Waals surface area contributed by atoms with Crippen LogP contribution in [-0.4, -0.2) is 4.92 Å². The number of ether oxygens (including phenoxy) is 1. The van der Waals surface area contributed by atoms with Crippen LogP contribution in [0.2, 0.25) is 0 Å². The topological polar surface area (TPSA) is 78.4 Å². The van der Waals surface area contributed by atoms with E-state index >= 15 is 0 Å². The van der Waals surface area contributed by atoms with E-state index < -0.39 is 22.2 Å². The zero-order valence-electron chi connectivity index (χ0n) is 10.9. The minimum Gasteiger partial charge on any atom is -0.489 e. The van der Waals surface area contributed by atoms with Gasteiger partial charge in [0.05, 0.1) is 4.92 Å². The number of nitro groups is 1. The Kier molecular flexibility index (Phi) is 4.44. The van der Waals surface area contributed by atoms with Crippen LogP contribution in [0.25, 0.3) is 0 Å². The molecule has 0 atom stereocenters. The Balaban J connectivity index is 2.19. The van der Waals surface area contributed by atoms with E-state index in [2.05, 4.69) is 0 Å². The molecule has 0 aliphatic carbocycles. The summed E-state index contributed by atoms with van der Waals surface area (Å²) in [5.74, 6) is -1.30. The SMILES string of the molecule is NCc1cc(F)cc(OCc2cccc([N+](=O)[O-])c2F)c1. The van der Waals surface area contributed by atoms with Gasteiger partial charge in [-0.15, -0.1) is 0 Å². The Bertz CT molecular complexity index is 677. The number of hydrogen-bond donors (Lipinski definition) is 1. The molecule has 0 saturated carbocycles. The average Bonchev–Trinajstić information content (AvgIpc) is 2.45. The summed E-state index contributed by atoms with van der Waals surface area (Å²) in [7, 11) is 0. The molecule has 21 heavy (non-hydrogen) atoms. The van der Waals surface area contributed by atoms with Gasteiger partial charge in [0.15, 0.2) is 0 Å². The monoisotopic (exact) mass is 294 g/mol. The summed E-state index contributed by atoms with van der Waals surface area (Å²) < 4.78 is 32.4. The first kappa shape index (κ1) is 14.9. The van der Waals surface area contributed by atoms with E-state index in [1.165, 1.54) is 24.3 Å². The molecule has 0 aliphatic heterocycles. The van der Waals surface area contributed by atoms with Crippen LogP contribution in [0, 0.1) is 21.7 Å². The van der Waals surface area contributed by atoms with Crippen molar-refractivity contribution >= 4 is 5.69 Å². The zero-order valence-corrected chi connectivity index (χ0v) is 10.9. The molecule has 0 spiro atoms. The Morgan fingerprint density at radius 3 is 2.67 bits per heavy atom. The minimum atomic E-state index is -0.960. The van der Waals surface area contributed by atoms with Crippen molar-refractivity contribution in [2.45, 2.75) is 13.2 Å². The number of nitrogens with zero attached hydrogens (tertiary/aromatic N) is 1. The van der Waals surface area contributed by atoms with Crippen LogP contribution in [0.15, 0.2) is 36.4 Å². The van der Waals surface area contributed by atoms with Crippen LogP contribution in [0.4, 0.5) is 14.5 Å². The van der Waals surface area contributed by atoms with Gasteiger partial charge in [0.25, 0.3) is 0 Å². The Hall–Kier alpha value is -2.54. The lowest BCUT2D eigenvalue weighted by molar-refractivity contribution is -0.387. The van der Waals surface area contributed by atoms with Crippen molar-refractivity contribution in [1.82, 2.24) is 0 Å². The van der Waals surface area contributed by atoms with Gasteiger partial charge in [-0.05, 0) is 17.7 Å². The fourth-order valence-corrected chi connectivity index (χ4v) is 1.80. The molecule has 0 fully saturated rings. The van der Waals surface area contributed by atoms with Crippen LogP contribution in [-0.2, 0) is 13.2 Å². The third-order valence-electron chi connectivity index (χ3n) is 2.82. The predicted molar refractivity (Wildman–Crippen MR) is 71.7 cm³/mol. The Morgan fingerprint density at radius 2 is 2.00 bits per heavy atom. The third-order valence-corrected chi connectivity index (χ3v) is 2.82. The molecule has 2 N–H and O–H groups in total. The summed E-state index contributed by atoms with van der Waals surface area (Å²) in [5.41, 5.74) is 5.34. The van der Waals surface area contributed by atoms with E-state index in [4.69, 9.17) is 10.5 Å². The fraction of sp³-hybridized carbons (Fsp3) is 0.143. The van der Waals surface area contributed by atoms with Crippen molar-refractivity contribution in [2.75, 3.05) is 0 Å². The molecule has 0 aliphatic rings. The maximum absolute atomic E-state index is 13.8. The van der Waals surface area contributed by atoms with E-state index in [0.717, 1.165) is 12.1 Å². The number of halogens is 2. The smallest absolute Gasteiger partial charge is 0.305 e. The molecule has 7 heteroatoms. The Morgan fingerprint density at radius 1 is 1.24 bits per heavy atom. The van der Waals surface area contributed by atoms with Gasteiger partial charge in [-0.1, -0.05) is 12.1 Å². The average molecular weight is 294 g/mol. The molecule has 0 heterocycles. The molecular formula is C14H12F2N2O3. The van der Waals surface area contributed by atoms with Gasteiger partial charge in [-0.25, -0.2) is 4.39 Å². The number of hydrogen-bond acceptors (Lipinski definition) is 4. The van der Waals surface area contributed by atoms with Gasteiger partial charge < -0.3 is 10.5 Å². The summed E-state index contributed by atoms with van der Waals surface area (Å²) in [6, 6.07) is 7.71. The highest BCUT2D eigenvalue weighted by molar-refractivity contribution is 5.37. The molecule has 5 nitrogen and oxygen atoms in total. The molecule has 0 saturated heterocycles. The van der Waals surface area contributed by atoms with Gasteiger partial charge in [0, 0.05) is 24.2 Å². The second kappa shape index (κ2) is 6.27. The van der Waals surface area contributed by atoms with Crippen molar-refractivity contribution < 1.29 is 18.4 Å². The second-order valence-electron chi connectivity index (χ2n) is 4.30. The molecule has 0 bridgehead atoms. The van der Waals surface area contributed by atoms with Gasteiger partial charge in [-0.2, -0.15) is 4.39 Å². The van der Waals surface area contributed by atoms with Crippen molar-refractivity contribution in [3.8, 4) is 5.75 Å². The highest BCUT2D eigenvalue weighted by Gasteiger charge is 2.17. The fourth-order valence-electron chi connectivity index (χ4n) is 1.80. The normalized spacial score (nSPS) is 10.4. The van der Waals surface area contributed by atoms with Crippen LogP contribution in [0.1, 0.15) is 11.1 Å². The number of nitro benzene ring substituents is 1. The molecular weight excluding hydrogens is 282 g/mol. The van der Waals surface area contributed by atoms with E-state index in [9.17, 15) is 18.9 Å². The number of benzene rings is 2. The Labute approximate surface area is 119 Å². The predicted octanol–water partition coefficient (Wildman–Crippen LogP) is 2.91. The summed E-state index contributed by atoms with van der Waals surface area (Å²) in [6.45, 7) is -0.111. The van der Waals surface area contributed by atoms with Crippen LogP contribution in [0.3, 0.4) is 0 Å². The molecule has 0 amide bonds. The van der Waals surface area contributed by atoms with Crippen LogP contribution >= 0.6 is 0 Å². The van der Waals surface area contributed by atoms with E-state index in [0.29, 0.717) is 5.56 Å². The molecule has 0 unspecified atom stereocenters. The highest BCUT2D eigenvalue weighted by atomic mass is 19.1. The quantitative estimate of drug-likeness (QED) is 0.679. The number of rotatable bonds is 5. The summed E-state index contributed by atoms with van der Waals surface area (Å²) >= 11 is 0. The molecule has 2 aromatic carbocycles. The highest BCUT2D eigenvalue weighted by Crippen LogP contribution is 2.22. The summed E-state index contributed by atoms with van der Waals surface area (Å²) in [5, 5.41) is 10.6. The van der Waals surface area contributed by atoms with E-state index in [1.54, 1.807) is 0 Å². The third kappa shape index (κ3) is 3.51. The molecule has 2 rings (SSSR count). The van der Waals surface area contributed by atoms with Gasteiger partial charge >= 0.3 is 5.69 Å². The van der Waals surface area contributed by atoms with Gasteiger partial charge in [-0.3, -0.25) is 10.1 Å². The van der Waals surface area contributed by atoms with E-state index in [-0.39, 0.29) is 24.5 Å². The summed E-state index contributed by atoms with van der Waals surface area (Å²) in [6.07, 6.45) is 0. The number of nitrogens with two attached hydrogens (primary N) is 1. The van der Waals surface area contributed by atoms with Crippen molar-refractivity contribution in [2.24, 2.45) is 5.73 Å². The van der Waals surface area contributed by atoms with Gasteiger partial charge in [0.1, 0.15) is 18.2 Å². The lowest BCUT2D eigenvalue weighted by Crippen LogP contribution is -2.03. The lowest BCUT2D eigenvalue weighted by Gasteiger charge is -2.09. The van der Waals surface area contributed by atoms with Crippen molar-refractivity contribution in [1.29, 1.82) is 0 Å². The maximum atomic E-state index is 13.8. The molecule has 0 radical (unpaired) electrons. The van der Waals surface area contributed by atoms with Crippen molar-refractivity contribution in [3.63, 3.8) is 0 Å².